The summed E-state index contributed by atoms with van der Waals surface area (Å²) in [6.07, 6.45) is 3.53. The molecule has 0 heterocycles. The Morgan fingerprint density at radius 1 is 1.29 bits per heavy atom. The van der Waals surface area contributed by atoms with E-state index in [0.717, 1.165) is 41.6 Å². The van der Waals surface area contributed by atoms with Crippen LogP contribution in [0.2, 0.25) is 0 Å². The van der Waals surface area contributed by atoms with Gasteiger partial charge in [-0.1, -0.05) is 0 Å². The molecule has 3 heteroatoms. The zero-order chi connectivity index (χ0) is 12.0. The lowest BCUT2D eigenvalue weighted by Gasteiger charge is -2.13. The predicted molar refractivity (Wildman–Crippen MR) is 68.5 cm³/mol. The molecule has 1 amide bonds. The lowest BCUT2D eigenvalue weighted by atomic mass is 10.0. The van der Waals surface area contributed by atoms with Gasteiger partial charge in [-0.05, 0) is 61.8 Å². The minimum absolute atomic E-state index is 0.182. The number of carbonyl (C=O) groups excluding carboxylic acids is 1. The first-order valence-corrected chi connectivity index (χ1v) is 6.30. The highest BCUT2D eigenvalue weighted by atomic mass is 16.1. The molecule has 2 atom stereocenters. The molecule has 3 nitrogen and oxygen atoms in total. The molecule has 0 bridgehead atoms. The Bertz CT molecular complexity index is 459. The zero-order valence-corrected chi connectivity index (χ0v) is 10.1. The topological polar surface area (TPSA) is 55.1 Å². The van der Waals surface area contributed by atoms with Crippen LogP contribution in [0.25, 0.3) is 0 Å². The minimum Gasteiger partial charge on any atom is -0.399 e. The van der Waals surface area contributed by atoms with Gasteiger partial charge in [0.25, 0.3) is 0 Å². The molecule has 0 aliphatic heterocycles. The summed E-state index contributed by atoms with van der Waals surface area (Å²) >= 11 is 0. The molecule has 0 aromatic heterocycles. The van der Waals surface area contributed by atoms with E-state index in [4.69, 9.17) is 5.73 Å². The number of hydrogen-bond donors (Lipinski definition) is 2. The fraction of sp³-hybridized carbons (Fsp3) is 0.500. The number of rotatable bonds is 2. The SMILES string of the molecule is Cc1cc(NC(=O)C2CC3CC3C2)ccc1N. The largest absolute Gasteiger partial charge is 0.399 e. The standard InChI is InChI=1S/C14H18N2O/c1-8-4-12(2-3-13(8)15)16-14(17)11-6-9-5-10(9)7-11/h2-4,9-11H,5-7,15H2,1H3,(H,16,17). The third kappa shape index (κ3) is 2.02. The lowest BCUT2D eigenvalue weighted by molar-refractivity contribution is -0.120. The quantitative estimate of drug-likeness (QED) is 0.767. The van der Waals surface area contributed by atoms with Crippen LogP contribution < -0.4 is 11.1 Å². The van der Waals surface area contributed by atoms with Gasteiger partial charge in [-0.25, -0.2) is 0 Å². The fourth-order valence-corrected chi connectivity index (χ4v) is 2.93. The number of nitrogen functional groups attached to an aromatic ring is 1. The first-order valence-electron chi connectivity index (χ1n) is 6.30. The van der Waals surface area contributed by atoms with E-state index in [-0.39, 0.29) is 11.8 Å². The van der Waals surface area contributed by atoms with Crippen molar-refractivity contribution in [3.63, 3.8) is 0 Å². The first kappa shape index (κ1) is 10.6. The number of hydrogen-bond acceptors (Lipinski definition) is 2. The van der Waals surface area contributed by atoms with Gasteiger partial charge in [0.15, 0.2) is 0 Å². The Balaban J connectivity index is 1.65. The summed E-state index contributed by atoms with van der Waals surface area (Å²) in [5.41, 5.74) is 8.40. The molecule has 3 rings (SSSR count). The molecular weight excluding hydrogens is 212 g/mol. The van der Waals surface area contributed by atoms with E-state index in [1.165, 1.54) is 6.42 Å². The van der Waals surface area contributed by atoms with Gasteiger partial charge >= 0.3 is 0 Å². The molecule has 2 aliphatic carbocycles. The smallest absolute Gasteiger partial charge is 0.227 e. The van der Waals surface area contributed by atoms with Crippen molar-refractivity contribution in [3.05, 3.63) is 23.8 Å². The maximum absolute atomic E-state index is 12.0. The number of carbonyl (C=O) groups is 1. The van der Waals surface area contributed by atoms with Crippen LogP contribution in [-0.4, -0.2) is 5.91 Å². The number of anilines is 2. The number of nitrogens with one attached hydrogen (secondary N) is 1. The van der Waals surface area contributed by atoms with Crippen LogP contribution >= 0.6 is 0 Å². The summed E-state index contributed by atoms with van der Waals surface area (Å²) in [5, 5.41) is 3.00. The summed E-state index contributed by atoms with van der Waals surface area (Å²) in [4.78, 5) is 12.0. The lowest BCUT2D eigenvalue weighted by Crippen LogP contribution is -2.21. The van der Waals surface area contributed by atoms with Crippen LogP contribution in [0.4, 0.5) is 11.4 Å². The monoisotopic (exact) mass is 230 g/mol. The number of aryl methyl sites for hydroxylation is 1. The average molecular weight is 230 g/mol. The van der Waals surface area contributed by atoms with Crippen LogP contribution in [0.5, 0.6) is 0 Å². The summed E-state index contributed by atoms with van der Waals surface area (Å²) < 4.78 is 0. The van der Waals surface area contributed by atoms with E-state index < -0.39 is 0 Å². The Morgan fingerprint density at radius 2 is 2.00 bits per heavy atom. The first-order chi connectivity index (χ1) is 8.13. The number of benzene rings is 1. The third-order valence-corrected chi connectivity index (χ3v) is 4.15. The highest BCUT2D eigenvalue weighted by Gasteiger charge is 2.47. The third-order valence-electron chi connectivity index (χ3n) is 4.15. The molecule has 0 radical (unpaired) electrons. The van der Waals surface area contributed by atoms with Gasteiger partial charge in [0, 0.05) is 17.3 Å². The van der Waals surface area contributed by atoms with Crippen molar-refractivity contribution in [1.29, 1.82) is 0 Å². The normalized spacial score (nSPS) is 29.8. The predicted octanol–water partition coefficient (Wildman–Crippen LogP) is 2.56. The highest BCUT2D eigenvalue weighted by Crippen LogP contribution is 2.54. The van der Waals surface area contributed by atoms with E-state index in [9.17, 15) is 4.79 Å². The van der Waals surface area contributed by atoms with E-state index in [1.54, 1.807) is 0 Å². The summed E-state index contributed by atoms with van der Waals surface area (Å²) in [5.74, 6) is 2.11. The van der Waals surface area contributed by atoms with E-state index in [0.29, 0.717) is 0 Å². The van der Waals surface area contributed by atoms with Gasteiger partial charge in [0.1, 0.15) is 0 Å². The van der Waals surface area contributed by atoms with Crippen molar-refractivity contribution in [3.8, 4) is 0 Å². The number of fused-ring (bicyclic) bond motifs is 1. The fourth-order valence-electron chi connectivity index (χ4n) is 2.93. The molecule has 3 N–H and O–H groups in total. The summed E-state index contributed by atoms with van der Waals surface area (Å²) in [7, 11) is 0. The van der Waals surface area contributed by atoms with E-state index in [2.05, 4.69) is 5.32 Å². The molecular formula is C14H18N2O. The Morgan fingerprint density at radius 3 is 2.65 bits per heavy atom. The Kier molecular flexibility index (Phi) is 2.35. The Labute approximate surface area is 101 Å². The van der Waals surface area contributed by atoms with Crippen LogP contribution in [0, 0.1) is 24.7 Å². The molecule has 0 saturated heterocycles. The second-order valence-corrected chi connectivity index (χ2v) is 5.48. The van der Waals surface area contributed by atoms with Crippen molar-refractivity contribution in [2.24, 2.45) is 17.8 Å². The van der Waals surface area contributed by atoms with Gasteiger partial charge in [0.05, 0.1) is 0 Å². The molecule has 2 unspecified atom stereocenters. The molecule has 0 spiro atoms. The van der Waals surface area contributed by atoms with Crippen molar-refractivity contribution >= 4 is 17.3 Å². The van der Waals surface area contributed by atoms with Gasteiger partial charge < -0.3 is 11.1 Å². The highest BCUT2D eigenvalue weighted by molar-refractivity contribution is 5.93. The number of amides is 1. The zero-order valence-electron chi connectivity index (χ0n) is 10.1. The van der Waals surface area contributed by atoms with Crippen LogP contribution in [0.1, 0.15) is 24.8 Å². The summed E-state index contributed by atoms with van der Waals surface area (Å²) in [6, 6.07) is 5.65. The summed E-state index contributed by atoms with van der Waals surface area (Å²) in [6.45, 7) is 1.95. The molecule has 2 saturated carbocycles. The maximum Gasteiger partial charge on any atom is 0.227 e. The molecule has 2 fully saturated rings. The van der Waals surface area contributed by atoms with Crippen LogP contribution in [-0.2, 0) is 4.79 Å². The van der Waals surface area contributed by atoms with Crippen molar-refractivity contribution < 1.29 is 4.79 Å². The van der Waals surface area contributed by atoms with E-state index >= 15 is 0 Å². The molecule has 17 heavy (non-hydrogen) atoms. The van der Waals surface area contributed by atoms with E-state index in [1.807, 2.05) is 25.1 Å². The maximum atomic E-state index is 12.0. The Hall–Kier alpha value is -1.51. The van der Waals surface area contributed by atoms with Crippen molar-refractivity contribution in [2.45, 2.75) is 26.2 Å². The van der Waals surface area contributed by atoms with Crippen molar-refractivity contribution in [2.75, 3.05) is 11.1 Å². The van der Waals surface area contributed by atoms with Crippen molar-refractivity contribution in [1.82, 2.24) is 0 Å². The second kappa shape index (κ2) is 3.76. The average Bonchev–Trinajstić information content (AvgIpc) is 2.91. The second-order valence-electron chi connectivity index (χ2n) is 5.48. The van der Waals surface area contributed by atoms with Crippen LogP contribution in [0.15, 0.2) is 18.2 Å². The van der Waals surface area contributed by atoms with Gasteiger partial charge in [0.2, 0.25) is 5.91 Å². The minimum atomic E-state index is 0.182. The van der Waals surface area contributed by atoms with Gasteiger partial charge in [-0.2, -0.15) is 0 Å². The van der Waals surface area contributed by atoms with Gasteiger partial charge in [-0.3, -0.25) is 4.79 Å². The molecule has 2 aliphatic rings. The number of nitrogens with two attached hydrogens (primary N) is 1. The van der Waals surface area contributed by atoms with Gasteiger partial charge in [-0.15, -0.1) is 0 Å². The molecule has 1 aromatic rings. The molecule has 90 valence electrons. The van der Waals surface area contributed by atoms with Crippen LogP contribution in [0.3, 0.4) is 0 Å². The molecule has 1 aromatic carbocycles.